The van der Waals surface area contributed by atoms with Crippen molar-refractivity contribution in [2.75, 3.05) is 23.4 Å². The normalized spacial score (nSPS) is 28.6. The molecule has 0 radical (unpaired) electrons. The van der Waals surface area contributed by atoms with E-state index in [2.05, 4.69) is 29.4 Å². The minimum Gasteiger partial charge on any atom is -0.378 e. The highest BCUT2D eigenvalue weighted by atomic mass is 32.1. The minimum atomic E-state index is -4.75. The van der Waals surface area contributed by atoms with Gasteiger partial charge in [-0.3, -0.25) is 24.2 Å². The van der Waals surface area contributed by atoms with Crippen molar-refractivity contribution >= 4 is 46.4 Å². The van der Waals surface area contributed by atoms with Gasteiger partial charge in [0.15, 0.2) is 5.11 Å². The molecule has 3 N–H and O–H groups in total. The van der Waals surface area contributed by atoms with Gasteiger partial charge in [-0.25, -0.2) is 0 Å². The van der Waals surface area contributed by atoms with Crippen molar-refractivity contribution in [3.05, 3.63) is 59.2 Å². The summed E-state index contributed by atoms with van der Waals surface area (Å²) in [5.74, 6) is -0.577. The monoisotopic (exact) mass is 796 g/mol. The number of aliphatic hydroxyl groups is 1. The molecule has 0 bridgehead atoms. The quantitative estimate of drug-likeness (QED) is 0.232. The van der Waals surface area contributed by atoms with Crippen molar-refractivity contribution < 1.29 is 37.4 Å². The lowest BCUT2D eigenvalue weighted by molar-refractivity contribution is -0.138. The molecule has 56 heavy (non-hydrogen) atoms. The molecule has 4 aliphatic rings. The molecular weight excluding hydrogens is 746 g/mol. The van der Waals surface area contributed by atoms with Gasteiger partial charge in [-0.15, -0.1) is 0 Å². The van der Waals surface area contributed by atoms with Crippen molar-refractivity contribution in [1.29, 1.82) is 5.26 Å². The Morgan fingerprint density at radius 3 is 2.30 bits per heavy atom. The topological polar surface area (TPSA) is 138 Å². The Labute approximate surface area is 331 Å². The highest BCUT2D eigenvalue weighted by Gasteiger charge is 2.52. The molecule has 3 amide bonds. The van der Waals surface area contributed by atoms with Crippen LogP contribution in [0.15, 0.2) is 42.5 Å². The van der Waals surface area contributed by atoms with Crippen LogP contribution >= 0.6 is 12.2 Å². The van der Waals surface area contributed by atoms with E-state index in [0.717, 1.165) is 62.6 Å². The maximum absolute atomic E-state index is 13.7. The molecule has 2 aromatic carbocycles. The fourth-order valence-electron chi connectivity index (χ4n) is 9.03. The Balaban J connectivity index is 0.941. The van der Waals surface area contributed by atoms with Gasteiger partial charge in [-0.1, -0.05) is 12.1 Å². The summed E-state index contributed by atoms with van der Waals surface area (Å²) in [7, 11) is 0. The second-order valence-electron chi connectivity index (χ2n) is 16.3. The maximum Gasteiger partial charge on any atom is 0.417 e. The lowest BCUT2D eigenvalue weighted by Gasteiger charge is -2.42. The van der Waals surface area contributed by atoms with Gasteiger partial charge >= 0.3 is 6.18 Å². The number of anilines is 2. The Morgan fingerprint density at radius 1 is 1.04 bits per heavy atom. The number of alkyl halides is 3. The lowest BCUT2D eigenvalue weighted by Crippen LogP contribution is -2.51. The molecule has 4 fully saturated rings. The molecule has 1 aliphatic carbocycles. The molecule has 3 unspecified atom stereocenters. The Morgan fingerprint density at radius 2 is 1.70 bits per heavy atom. The van der Waals surface area contributed by atoms with Crippen LogP contribution in [0.5, 0.6) is 0 Å². The number of thiocarbonyl (C=S) groups is 1. The molecule has 3 aliphatic heterocycles. The average molecular weight is 797 g/mol. The number of aliphatic hydroxyl groups excluding tert-OH is 1. The third-order valence-electron chi connectivity index (χ3n) is 12.1. The maximum atomic E-state index is 13.7. The first kappa shape index (κ1) is 41.5. The molecule has 302 valence electrons. The van der Waals surface area contributed by atoms with Crippen LogP contribution in [0.2, 0.25) is 0 Å². The largest absolute Gasteiger partial charge is 0.417 e. The van der Waals surface area contributed by atoms with E-state index in [1.807, 2.05) is 17.0 Å². The fourth-order valence-corrected chi connectivity index (χ4v) is 9.60. The number of likely N-dealkylation sites (tertiary alicyclic amines) is 1. The van der Waals surface area contributed by atoms with Crippen LogP contribution in [0.25, 0.3) is 0 Å². The summed E-state index contributed by atoms with van der Waals surface area (Å²) in [6.45, 7) is 8.62. The number of hydrogen-bond acceptors (Lipinski definition) is 8. The van der Waals surface area contributed by atoms with E-state index in [4.69, 9.17) is 17.0 Å². The van der Waals surface area contributed by atoms with E-state index in [9.17, 15) is 37.9 Å². The zero-order chi connectivity index (χ0) is 40.5. The van der Waals surface area contributed by atoms with Gasteiger partial charge in [0.1, 0.15) is 11.8 Å². The summed E-state index contributed by atoms with van der Waals surface area (Å²) in [5, 5.41) is 24.6. The first-order valence-electron chi connectivity index (χ1n) is 19.5. The number of nitrogens with one attached hydrogen (secondary N) is 2. The standard InChI is InChI=1S/C41H51F3N6O5S/c1-24-19-32(20-25(2)48(24)23-36(52)46-29-10-7-27(8-11-29)33-15-16-35(51)47-37(33)53)55-18-17-26-5-12-30(13-6-26)50-39(56)49(38(54)40(50,3)4)31-14-9-28(22-45)34(21-31)41(42,43)44/h7-11,14,21,24-26,30,32-33,35,51H,5-6,12-13,15-20,23H2,1-4H3,(H,46,52)(H,47,53)/t24-,25+,26?,30?,32?,33?,35?. The highest BCUT2D eigenvalue weighted by molar-refractivity contribution is 7.80. The van der Waals surface area contributed by atoms with Gasteiger partial charge in [0.2, 0.25) is 11.8 Å². The van der Waals surface area contributed by atoms with Crippen molar-refractivity contribution in [3.8, 4) is 6.07 Å². The van der Waals surface area contributed by atoms with Crippen molar-refractivity contribution in [2.24, 2.45) is 5.92 Å². The lowest BCUT2D eigenvalue weighted by atomic mass is 9.82. The molecule has 11 nitrogen and oxygen atoms in total. The molecule has 3 heterocycles. The van der Waals surface area contributed by atoms with Crippen LogP contribution in [-0.2, 0) is 25.3 Å². The van der Waals surface area contributed by atoms with Crippen LogP contribution in [0.4, 0.5) is 24.5 Å². The number of nitrogens with zero attached hydrogens (tertiary/aromatic N) is 4. The molecule has 0 aromatic heterocycles. The summed E-state index contributed by atoms with van der Waals surface area (Å²) in [6.07, 6.45) is 1.53. The number of amides is 3. The van der Waals surface area contributed by atoms with E-state index in [1.54, 1.807) is 32.0 Å². The first-order valence-corrected chi connectivity index (χ1v) is 19.9. The molecule has 2 aromatic rings. The number of hydrogen-bond donors (Lipinski definition) is 3. The molecular formula is C41H51F3N6O5S. The summed E-state index contributed by atoms with van der Waals surface area (Å²) >= 11 is 5.75. The zero-order valence-corrected chi connectivity index (χ0v) is 33.1. The van der Waals surface area contributed by atoms with Gasteiger partial charge in [-0.2, -0.15) is 18.4 Å². The minimum absolute atomic E-state index is 0.00290. The third kappa shape index (κ3) is 8.88. The van der Waals surface area contributed by atoms with Gasteiger partial charge in [-0.05, 0) is 140 Å². The number of halogens is 3. The molecule has 0 spiro atoms. The smallest absolute Gasteiger partial charge is 0.378 e. The third-order valence-corrected chi connectivity index (χ3v) is 12.5. The predicted molar refractivity (Wildman–Crippen MR) is 208 cm³/mol. The zero-order valence-electron chi connectivity index (χ0n) is 32.3. The van der Waals surface area contributed by atoms with Gasteiger partial charge < -0.3 is 25.4 Å². The van der Waals surface area contributed by atoms with E-state index < -0.39 is 35.0 Å². The molecule has 6 rings (SSSR count). The number of rotatable bonds is 10. The van der Waals surface area contributed by atoms with Crippen molar-refractivity contribution in [2.45, 2.75) is 134 Å². The summed E-state index contributed by atoms with van der Waals surface area (Å²) < 4.78 is 47.6. The second-order valence-corrected chi connectivity index (χ2v) is 16.7. The van der Waals surface area contributed by atoms with Crippen LogP contribution in [0, 0.1) is 17.2 Å². The summed E-state index contributed by atoms with van der Waals surface area (Å²) in [6, 6.07) is 12.4. The Bertz CT molecular complexity index is 1830. The van der Waals surface area contributed by atoms with Gasteiger partial charge in [0.25, 0.3) is 5.91 Å². The van der Waals surface area contributed by atoms with Crippen LogP contribution in [0.1, 0.15) is 108 Å². The number of ether oxygens (including phenoxy) is 1. The molecule has 1 saturated carbocycles. The van der Waals surface area contributed by atoms with Crippen LogP contribution in [0.3, 0.4) is 0 Å². The molecule has 15 heteroatoms. The van der Waals surface area contributed by atoms with Crippen LogP contribution in [-0.4, -0.2) is 86.9 Å². The predicted octanol–water partition coefficient (Wildman–Crippen LogP) is 6.45. The molecule has 5 atom stereocenters. The van der Waals surface area contributed by atoms with E-state index >= 15 is 0 Å². The number of carbonyl (C=O) groups is 3. The number of carbonyl (C=O) groups excluding carboxylic acids is 3. The SMILES string of the molecule is C[C@@H]1CC(OCCC2CCC(N3C(=S)N(c4ccc(C#N)c(C(F)(F)F)c4)C(=O)C3(C)C)CC2)C[C@H](C)N1CC(=O)Nc1ccc(C2CCC(O)NC2=O)cc1. The fraction of sp³-hybridized carbons (Fsp3) is 0.585. The first-order chi connectivity index (χ1) is 26.5. The molecule has 3 saturated heterocycles. The summed E-state index contributed by atoms with van der Waals surface area (Å²) in [4.78, 5) is 44.2. The second kappa shape index (κ2) is 16.8. The van der Waals surface area contributed by atoms with Crippen molar-refractivity contribution in [1.82, 2.24) is 15.1 Å². The van der Waals surface area contributed by atoms with Crippen LogP contribution < -0.4 is 15.5 Å². The average Bonchev–Trinajstić information content (AvgIpc) is 3.32. The van der Waals surface area contributed by atoms with Gasteiger partial charge in [0.05, 0.1) is 41.5 Å². The number of benzene rings is 2. The Hall–Kier alpha value is -4.10. The number of nitriles is 1. The van der Waals surface area contributed by atoms with Crippen molar-refractivity contribution in [3.63, 3.8) is 0 Å². The van der Waals surface area contributed by atoms with E-state index in [-0.39, 0.29) is 59.3 Å². The summed E-state index contributed by atoms with van der Waals surface area (Å²) in [5.41, 5.74) is -1.13. The van der Waals surface area contributed by atoms with E-state index in [0.29, 0.717) is 31.1 Å². The highest BCUT2D eigenvalue weighted by Crippen LogP contribution is 2.41. The number of piperidine rings is 2. The van der Waals surface area contributed by atoms with E-state index in [1.165, 1.54) is 11.0 Å². The van der Waals surface area contributed by atoms with Gasteiger partial charge in [0, 0.05) is 30.4 Å². The Kier molecular flexibility index (Phi) is 12.4.